The van der Waals surface area contributed by atoms with Gasteiger partial charge in [-0.3, -0.25) is 4.79 Å². The van der Waals surface area contributed by atoms with Gasteiger partial charge in [-0.15, -0.1) is 0 Å². The summed E-state index contributed by atoms with van der Waals surface area (Å²) in [4.78, 5) is 24.1. The minimum atomic E-state index is 0.00724. The maximum atomic E-state index is 11.4. The normalized spacial score (nSPS) is 15.3. The third kappa shape index (κ3) is 3.04. The number of hydrogen-bond donors (Lipinski definition) is 2. The van der Waals surface area contributed by atoms with Gasteiger partial charge in [-0.2, -0.15) is 9.97 Å². The number of aromatic nitrogens is 2. The molecule has 0 saturated carbocycles. The molecule has 1 aliphatic heterocycles. The van der Waals surface area contributed by atoms with Crippen LogP contribution in [0.2, 0.25) is 0 Å². The Morgan fingerprint density at radius 3 is 2.79 bits per heavy atom. The van der Waals surface area contributed by atoms with Crippen molar-refractivity contribution in [3.63, 3.8) is 0 Å². The molecule has 7 nitrogen and oxygen atoms in total. The lowest BCUT2D eigenvalue weighted by atomic mass is 10.3. The maximum Gasteiger partial charge on any atom is 0.239 e. The Labute approximate surface area is 112 Å². The largest absolute Gasteiger partial charge is 0.383 e. The molecule has 2 rings (SSSR count). The van der Waals surface area contributed by atoms with Gasteiger partial charge >= 0.3 is 0 Å². The van der Waals surface area contributed by atoms with E-state index in [0.29, 0.717) is 30.7 Å². The van der Waals surface area contributed by atoms with Crippen molar-refractivity contribution in [1.29, 1.82) is 0 Å². The first kappa shape index (κ1) is 13.4. The maximum absolute atomic E-state index is 11.4. The number of carbonyl (C=O) groups is 1. The molecule has 0 atom stereocenters. The van der Waals surface area contributed by atoms with Crippen LogP contribution in [0.4, 0.5) is 17.6 Å². The first-order valence-electron chi connectivity index (χ1n) is 6.55. The number of amides is 1. The van der Waals surface area contributed by atoms with Gasteiger partial charge in [0, 0.05) is 32.2 Å². The molecular formula is C12H20N6O. The van der Waals surface area contributed by atoms with Crippen molar-refractivity contribution in [2.45, 2.75) is 13.8 Å². The smallest absolute Gasteiger partial charge is 0.239 e. The van der Waals surface area contributed by atoms with Crippen molar-refractivity contribution in [1.82, 2.24) is 15.3 Å². The first-order valence-corrected chi connectivity index (χ1v) is 6.55. The van der Waals surface area contributed by atoms with Gasteiger partial charge in [0.05, 0.1) is 6.54 Å². The Morgan fingerprint density at radius 2 is 2.16 bits per heavy atom. The molecule has 1 saturated heterocycles. The van der Waals surface area contributed by atoms with E-state index >= 15 is 0 Å². The molecular weight excluding hydrogens is 244 g/mol. The Bertz CT molecular complexity index is 460. The van der Waals surface area contributed by atoms with Gasteiger partial charge in [0.15, 0.2) is 0 Å². The number of nitrogens with one attached hydrogen (secondary N) is 1. The second kappa shape index (κ2) is 5.73. The molecule has 0 radical (unpaired) electrons. The molecule has 19 heavy (non-hydrogen) atoms. The van der Waals surface area contributed by atoms with Crippen LogP contribution in [0.25, 0.3) is 0 Å². The van der Waals surface area contributed by atoms with E-state index in [0.717, 1.165) is 19.6 Å². The van der Waals surface area contributed by atoms with Crippen molar-refractivity contribution < 1.29 is 4.79 Å². The summed E-state index contributed by atoms with van der Waals surface area (Å²) in [6.45, 7) is 7.41. The van der Waals surface area contributed by atoms with Crippen LogP contribution in [-0.2, 0) is 4.79 Å². The minimum Gasteiger partial charge on any atom is -0.383 e. The highest BCUT2D eigenvalue weighted by molar-refractivity contribution is 5.82. The number of nitrogens with two attached hydrogens (primary N) is 1. The van der Waals surface area contributed by atoms with Gasteiger partial charge in [0.25, 0.3) is 0 Å². The fourth-order valence-corrected chi connectivity index (χ4v) is 2.08. The zero-order chi connectivity index (χ0) is 13.8. The summed E-state index contributed by atoms with van der Waals surface area (Å²) in [6, 6.07) is 1.71. The van der Waals surface area contributed by atoms with E-state index in [1.807, 2.05) is 23.6 Å². The van der Waals surface area contributed by atoms with Gasteiger partial charge in [-0.25, -0.2) is 0 Å². The number of hydrogen-bond acceptors (Lipinski definition) is 6. The number of rotatable bonds is 4. The Kier molecular flexibility index (Phi) is 4.03. The van der Waals surface area contributed by atoms with E-state index in [9.17, 15) is 4.79 Å². The number of carbonyl (C=O) groups excluding carboxylic acids is 1. The standard InChI is InChI=1S/C12H20N6O/c1-3-17(4-2)12-15-9(13)7-10(16-12)18-6-5-14-11(19)8-18/h7H,3-6,8H2,1-2H3,(H,14,19)(H2,13,15,16). The van der Waals surface area contributed by atoms with E-state index in [2.05, 4.69) is 15.3 Å². The van der Waals surface area contributed by atoms with Crippen LogP contribution in [0, 0.1) is 0 Å². The van der Waals surface area contributed by atoms with Crippen molar-refractivity contribution in [2.75, 3.05) is 48.3 Å². The summed E-state index contributed by atoms with van der Waals surface area (Å²) in [5.74, 6) is 1.76. The lowest BCUT2D eigenvalue weighted by Gasteiger charge is -2.28. The summed E-state index contributed by atoms with van der Waals surface area (Å²) < 4.78 is 0. The van der Waals surface area contributed by atoms with Crippen LogP contribution >= 0.6 is 0 Å². The average molecular weight is 264 g/mol. The van der Waals surface area contributed by atoms with Crippen molar-refractivity contribution in [3.8, 4) is 0 Å². The van der Waals surface area contributed by atoms with Gasteiger partial charge < -0.3 is 20.9 Å². The average Bonchev–Trinajstić information content (AvgIpc) is 2.39. The third-order valence-corrected chi connectivity index (χ3v) is 3.13. The quantitative estimate of drug-likeness (QED) is 0.786. The van der Waals surface area contributed by atoms with Crippen molar-refractivity contribution >= 4 is 23.5 Å². The Morgan fingerprint density at radius 1 is 1.42 bits per heavy atom. The van der Waals surface area contributed by atoms with Crippen molar-refractivity contribution in [3.05, 3.63) is 6.07 Å². The van der Waals surface area contributed by atoms with Gasteiger partial charge in [0.2, 0.25) is 11.9 Å². The molecule has 7 heteroatoms. The molecule has 0 unspecified atom stereocenters. The summed E-state index contributed by atoms with van der Waals surface area (Å²) in [7, 11) is 0. The molecule has 1 amide bonds. The van der Waals surface area contributed by atoms with Crippen LogP contribution in [0.1, 0.15) is 13.8 Å². The lowest BCUT2D eigenvalue weighted by molar-refractivity contribution is -0.120. The molecule has 1 fully saturated rings. The third-order valence-electron chi connectivity index (χ3n) is 3.13. The number of anilines is 3. The molecule has 1 aromatic rings. The van der Waals surface area contributed by atoms with E-state index in [1.165, 1.54) is 0 Å². The summed E-state index contributed by atoms with van der Waals surface area (Å²) in [5, 5.41) is 2.79. The molecule has 0 bridgehead atoms. The van der Waals surface area contributed by atoms with Crippen LogP contribution in [-0.4, -0.2) is 48.6 Å². The van der Waals surface area contributed by atoms with Crippen LogP contribution in [0.5, 0.6) is 0 Å². The summed E-state index contributed by atoms with van der Waals surface area (Å²) in [6.07, 6.45) is 0. The first-order chi connectivity index (χ1) is 9.13. The zero-order valence-corrected chi connectivity index (χ0v) is 11.4. The molecule has 0 spiro atoms. The molecule has 3 N–H and O–H groups in total. The SMILES string of the molecule is CCN(CC)c1nc(N)cc(N2CCNC(=O)C2)n1. The number of nitrogens with zero attached hydrogens (tertiary/aromatic N) is 4. The minimum absolute atomic E-state index is 0.00724. The number of piperazine rings is 1. The zero-order valence-electron chi connectivity index (χ0n) is 11.4. The van der Waals surface area contributed by atoms with E-state index < -0.39 is 0 Å². The second-order valence-corrected chi connectivity index (χ2v) is 4.39. The predicted molar refractivity (Wildman–Crippen MR) is 75.2 cm³/mol. The van der Waals surface area contributed by atoms with Gasteiger partial charge in [-0.05, 0) is 13.8 Å². The lowest BCUT2D eigenvalue weighted by Crippen LogP contribution is -2.48. The van der Waals surface area contributed by atoms with E-state index in [1.54, 1.807) is 6.07 Å². The van der Waals surface area contributed by atoms with E-state index in [-0.39, 0.29) is 5.91 Å². The molecule has 1 aliphatic rings. The Balaban J connectivity index is 2.27. The Hall–Kier alpha value is -2.05. The molecule has 104 valence electrons. The van der Waals surface area contributed by atoms with Crippen LogP contribution in [0.3, 0.4) is 0 Å². The highest BCUT2D eigenvalue weighted by atomic mass is 16.2. The number of nitrogen functional groups attached to an aromatic ring is 1. The summed E-state index contributed by atoms with van der Waals surface area (Å²) >= 11 is 0. The summed E-state index contributed by atoms with van der Waals surface area (Å²) in [5.41, 5.74) is 5.84. The molecule has 2 heterocycles. The van der Waals surface area contributed by atoms with Crippen LogP contribution < -0.4 is 20.9 Å². The van der Waals surface area contributed by atoms with Gasteiger partial charge in [0.1, 0.15) is 11.6 Å². The highest BCUT2D eigenvalue weighted by Gasteiger charge is 2.19. The fourth-order valence-electron chi connectivity index (χ4n) is 2.08. The predicted octanol–water partition coefficient (Wildman–Crippen LogP) is -0.159. The molecule has 0 aromatic carbocycles. The second-order valence-electron chi connectivity index (χ2n) is 4.39. The molecule has 1 aromatic heterocycles. The fraction of sp³-hybridized carbons (Fsp3) is 0.583. The highest BCUT2D eigenvalue weighted by Crippen LogP contribution is 2.19. The van der Waals surface area contributed by atoms with Gasteiger partial charge in [-0.1, -0.05) is 0 Å². The molecule has 0 aliphatic carbocycles. The topological polar surface area (TPSA) is 87.4 Å². The van der Waals surface area contributed by atoms with Crippen molar-refractivity contribution in [2.24, 2.45) is 0 Å². The monoisotopic (exact) mass is 264 g/mol. The van der Waals surface area contributed by atoms with E-state index in [4.69, 9.17) is 5.73 Å². The van der Waals surface area contributed by atoms with Crippen LogP contribution in [0.15, 0.2) is 6.07 Å².